The molecule has 2 fully saturated rings. The number of carbonyl (C=O) groups excluding carboxylic acids is 1. The highest BCUT2D eigenvalue weighted by molar-refractivity contribution is 7.89. The van der Waals surface area contributed by atoms with Crippen molar-refractivity contribution < 1.29 is 27.4 Å². The molecule has 1 aromatic rings. The molecule has 3 heterocycles. The molecule has 0 atom stereocenters. The Balaban J connectivity index is 1.27. The van der Waals surface area contributed by atoms with Crippen LogP contribution in [0.2, 0.25) is 0 Å². The molecule has 1 amide bonds. The second kappa shape index (κ2) is 9.51. The number of fused-ring (bicyclic) bond motifs is 1. The quantitative estimate of drug-likeness (QED) is 0.681. The van der Waals surface area contributed by atoms with Gasteiger partial charge in [-0.15, -0.1) is 0 Å². The van der Waals surface area contributed by atoms with Gasteiger partial charge >= 0.3 is 0 Å². The lowest BCUT2D eigenvalue weighted by atomic mass is 9.97. The first-order valence-corrected chi connectivity index (χ1v) is 12.0. The molecule has 9 nitrogen and oxygen atoms in total. The summed E-state index contributed by atoms with van der Waals surface area (Å²) in [4.78, 5) is 14.9. The molecule has 0 aromatic heterocycles. The van der Waals surface area contributed by atoms with Crippen LogP contribution in [0.1, 0.15) is 12.8 Å². The molecule has 0 saturated carbocycles. The molecule has 3 aliphatic heterocycles. The molecule has 0 radical (unpaired) electrons. The molecule has 0 aliphatic carbocycles. The van der Waals surface area contributed by atoms with Gasteiger partial charge in [-0.3, -0.25) is 9.69 Å². The first-order valence-electron chi connectivity index (χ1n) is 10.5. The number of piperidine rings is 1. The van der Waals surface area contributed by atoms with E-state index in [9.17, 15) is 13.2 Å². The predicted molar refractivity (Wildman–Crippen MR) is 109 cm³/mol. The van der Waals surface area contributed by atoms with Crippen molar-refractivity contribution in [3.63, 3.8) is 0 Å². The van der Waals surface area contributed by atoms with Crippen molar-refractivity contribution in [2.45, 2.75) is 17.7 Å². The van der Waals surface area contributed by atoms with Crippen LogP contribution in [0.25, 0.3) is 0 Å². The average molecular weight is 440 g/mol. The average Bonchev–Trinajstić information content (AvgIpc) is 2.79. The standard InChI is InChI=1S/C20H29N3O6S/c24-20(21-5-8-22-9-11-27-12-10-22)16-3-6-23(7-4-16)30(25,26)17-1-2-18-19(15-17)29-14-13-28-18/h1-2,15-16H,3-14H2,(H,21,24). The van der Waals surface area contributed by atoms with Crippen LogP contribution in [0.3, 0.4) is 0 Å². The summed E-state index contributed by atoms with van der Waals surface area (Å²) in [5, 5.41) is 3.00. The largest absolute Gasteiger partial charge is 0.486 e. The van der Waals surface area contributed by atoms with Crippen molar-refractivity contribution in [1.82, 2.24) is 14.5 Å². The van der Waals surface area contributed by atoms with Gasteiger partial charge in [0, 0.05) is 51.3 Å². The minimum Gasteiger partial charge on any atom is -0.486 e. The first kappa shape index (κ1) is 21.4. The molecule has 166 valence electrons. The Hall–Kier alpha value is -1.88. The Morgan fingerprint density at radius 2 is 1.70 bits per heavy atom. The maximum atomic E-state index is 13.0. The molecule has 4 rings (SSSR count). The van der Waals surface area contributed by atoms with Crippen molar-refractivity contribution in [1.29, 1.82) is 0 Å². The van der Waals surface area contributed by atoms with Crippen LogP contribution in [0.4, 0.5) is 0 Å². The number of ether oxygens (including phenoxy) is 3. The zero-order chi connectivity index (χ0) is 21.0. The summed E-state index contributed by atoms with van der Waals surface area (Å²) in [6, 6.07) is 4.71. The number of amides is 1. The fourth-order valence-electron chi connectivity index (χ4n) is 4.00. The van der Waals surface area contributed by atoms with E-state index in [0.29, 0.717) is 57.2 Å². The number of carbonyl (C=O) groups is 1. The summed E-state index contributed by atoms with van der Waals surface area (Å²) in [6.45, 7) is 6.22. The maximum absolute atomic E-state index is 13.0. The predicted octanol–water partition coefficient (Wildman–Crippen LogP) is 0.307. The molecule has 30 heavy (non-hydrogen) atoms. The van der Waals surface area contributed by atoms with Crippen molar-refractivity contribution in [2.24, 2.45) is 5.92 Å². The molecule has 1 N–H and O–H groups in total. The number of hydrogen-bond donors (Lipinski definition) is 1. The minimum atomic E-state index is -3.63. The van der Waals surface area contributed by atoms with Gasteiger partial charge in [-0.1, -0.05) is 0 Å². The van der Waals surface area contributed by atoms with E-state index < -0.39 is 10.0 Å². The molecule has 0 unspecified atom stereocenters. The Morgan fingerprint density at radius 1 is 1.00 bits per heavy atom. The molecule has 3 aliphatic rings. The maximum Gasteiger partial charge on any atom is 0.243 e. The Bertz CT molecular complexity index is 848. The van der Waals surface area contributed by atoms with E-state index in [-0.39, 0.29) is 16.7 Å². The third-order valence-corrected chi connectivity index (χ3v) is 7.70. The van der Waals surface area contributed by atoms with Gasteiger partial charge in [-0.2, -0.15) is 4.31 Å². The normalized spacial score (nSPS) is 21.3. The van der Waals surface area contributed by atoms with Gasteiger partial charge in [-0.05, 0) is 25.0 Å². The van der Waals surface area contributed by atoms with Gasteiger partial charge in [-0.25, -0.2) is 8.42 Å². The Labute approximate surface area is 177 Å². The van der Waals surface area contributed by atoms with Crippen LogP contribution in [0.5, 0.6) is 11.5 Å². The Morgan fingerprint density at radius 3 is 2.43 bits per heavy atom. The summed E-state index contributed by atoms with van der Waals surface area (Å²) in [5.74, 6) is 0.880. The number of benzene rings is 1. The lowest BCUT2D eigenvalue weighted by molar-refractivity contribution is -0.126. The fourth-order valence-corrected chi connectivity index (χ4v) is 5.48. The van der Waals surface area contributed by atoms with E-state index in [4.69, 9.17) is 14.2 Å². The van der Waals surface area contributed by atoms with Gasteiger partial charge in [0.05, 0.1) is 18.1 Å². The SMILES string of the molecule is O=C(NCCN1CCOCC1)C1CCN(S(=O)(=O)c2ccc3c(c2)OCCO3)CC1. The van der Waals surface area contributed by atoms with Crippen LogP contribution >= 0.6 is 0 Å². The van der Waals surface area contributed by atoms with Crippen LogP contribution < -0.4 is 14.8 Å². The molecule has 0 bridgehead atoms. The fraction of sp³-hybridized carbons (Fsp3) is 0.650. The smallest absolute Gasteiger partial charge is 0.243 e. The van der Waals surface area contributed by atoms with E-state index in [1.807, 2.05) is 0 Å². The van der Waals surface area contributed by atoms with Crippen LogP contribution in [-0.4, -0.2) is 89.2 Å². The third kappa shape index (κ3) is 4.88. The van der Waals surface area contributed by atoms with E-state index in [2.05, 4.69) is 10.2 Å². The lowest BCUT2D eigenvalue weighted by Gasteiger charge is -2.31. The van der Waals surface area contributed by atoms with E-state index in [1.165, 1.54) is 10.4 Å². The molecule has 0 spiro atoms. The van der Waals surface area contributed by atoms with Crippen LogP contribution in [-0.2, 0) is 19.6 Å². The van der Waals surface area contributed by atoms with Crippen molar-refractivity contribution in [3.05, 3.63) is 18.2 Å². The number of hydrogen-bond acceptors (Lipinski definition) is 7. The summed E-state index contributed by atoms with van der Waals surface area (Å²) in [6.07, 6.45) is 1.04. The lowest BCUT2D eigenvalue weighted by Crippen LogP contribution is -2.45. The van der Waals surface area contributed by atoms with Crippen molar-refractivity contribution in [3.8, 4) is 11.5 Å². The van der Waals surface area contributed by atoms with Crippen molar-refractivity contribution in [2.75, 3.05) is 65.7 Å². The molecule has 10 heteroatoms. The number of nitrogens with one attached hydrogen (secondary N) is 1. The second-order valence-electron chi connectivity index (χ2n) is 7.73. The van der Waals surface area contributed by atoms with E-state index in [0.717, 1.165) is 32.8 Å². The van der Waals surface area contributed by atoms with E-state index in [1.54, 1.807) is 12.1 Å². The monoisotopic (exact) mass is 439 g/mol. The number of morpholine rings is 1. The second-order valence-corrected chi connectivity index (χ2v) is 9.67. The third-order valence-electron chi connectivity index (χ3n) is 5.81. The zero-order valence-electron chi connectivity index (χ0n) is 17.0. The van der Waals surface area contributed by atoms with Gasteiger partial charge < -0.3 is 19.5 Å². The van der Waals surface area contributed by atoms with Crippen LogP contribution in [0.15, 0.2) is 23.1 Å². The molecule has 2 saturated heterocycles. The van der Waals surface area contributed by atoms with E-state index >= 15 is 0 Å². The van der Waals surface area contributed by atoms with Gasteiger partial charge in [0.15, 0.2) is 11.5 Å². The summed E-state index contributed by atoms with van der Waals surface area (Å²) in [5.41, 5.74) is 0. The van der Waals surface area contributed by atoms with Crippen LogP contribution in [0, 0.1) is 5.92 Å². The first-order chi connectivity index (χ1) is 14.5. The van der Waals surface area contributed by atoms with Crippen molar-refractivity contribution >= 4 is 15.9 Å². The zero-order valence-corrected chi connectivity index (χ0v) is 17.9. The summed E-state index contributed by atoms with van der Waals surface area (Å²) in [7, 11) is -3.63. The molecular formula is C20H29N3O6S. The topological polar surface area (TPSA) is 97.4 Å². The van der Waals surface area contributed by atoms with Gasteiger partial charge in [0.2, 0.25) is 15.9 Å². The number of rotatable bonds is 6. The number of sulfonamides is 1. The Kier molecular flexibility index (Phi) is 6.77. The highest BCUT2D eigenvalue weighted by Crippen LogP contribution is 2.34. The highest BCUT2D eigenvalue weighted by Gasteiger charge is 2.32. The van der Waals surface area contributed by atoms with Gasteiger partial charge in [0.1, 0.15) is 13.2 Å². The molecule has 1 aromatic carbocycles. The van der Waals surface area contributed by atoms with Gasteiger partial charge in [0.25, 0.3) is 0 Å². The summed E-state index contributed by atoms with van der Waals surface area (Å²) < 4.78 is 43.8. The summed E-state index contributed by atoms with van der Waals surface area (Å²) >= 11 is 0. The molecular weight excluding hydrogens is 410 g/mol. The number of nitrogens with zero attached hydrogens (tertiary/aromatic N) is 2. The highest BCUT2D eigenvalue weighted by atomic mass is 32.2. The minimum absolute atomic E-state index is 0.0136.